The lowest BCUT2D eigenvalue weighted by atomic mass is 10.1. The normalized spacial score (nSPS) is 10.1. The van der Waals surface area contributed by atoms with Gasteiger partial charge in [-0.25, -0.2) is 0 Å². The Labute approximate surface area is 95.2 Å². The van der Waals surface area contributed by atoms with Gasteiger partial charge >= 0.3 is 0 Å². The van der Waals surface area contributed by atoms with Crippen LogP contribution in [0.3, 0.4) is 0 Å². The second-order valence-electron chi connectivity index (χ2n) is 3.51. The van der Waals surface area contributed by atoms with Crippen molar-refractivity contribution in [1.82, 2.24) is 5.32 Å². The van der Waals surface area contributed by atoms with E-state index in [0.29, 0.717) is 19.6 Å². The van der Waals surface area contributed by atoms with Gasteiger partial charge in [-0.05, 0) is 24.1 Å². The van der Waals surface area contributed by atoms with Crippen LogP contribution in [-0.4, -0.2) is 31.3 Å². The van der Waals surface area contributed by atoms with Gasteiger partial charge in [-0.15, -0.1) is 0 Å². The van der Waals surface area contributed by atoms with Gasteiger partial charge in [-0.1, -0.05) is 12.1 Å². The van der Waals surface area contributed by atoms with E-state index in [1.807, 2.05) is 12.1 Å². The second-order valence-corrected chi connectivity index (χ2v) is 3.51. The quantitative estimate of drug-likeness (QED) is 0.759. The van der Waals surface area contributed by atoms with Gasteiger partial charge in [0.15, 0.2) is 0 Å². The Kier molecular flexibility index (Phi) is 5.36. The Balaban J connectivity index is 2.20. The lowest BCUT2D eigenvalue weighted by molar-refractivity contribution is -0.121. The number of carbonyl (C=O) groups excluding carboxylic acids is 1. The fourth-order valence-corrected chi connectivity index (χ4v) is 1.29. The lowest BCUT2D eigenvalue weighted by Crippen LogP contribution is -2.26. The van der Waals surface area contributed by atoms with Crippen LogP contribution in [0.1, 0.15) is 12.0 Å². The van der Waals surface area contributed by atoms with E-state index < -0.39 is 0 Å². The van der Waals surface area contributed by atoms with Crippen LogP contribution >= 0.6 is 0 Å². The highest BCUT2D eigenvalue weighted by Crippen LogP contribution is 2.09. The predicted molar refractivity (Wildman–Crippen MR) is 61.3 cm³/mol. The predicted octanol–water partition coefficient (Wildman–Crippen LogP) is 1.09. The van der Waals surface area contributed by atoms with Gasteiger partial charge in [0.2, 0.25) is 5.91 Å². The first-order valence-electron chi connectivity index (χ1n) is 5.26. The zero-order chi connectivity index (χ0) is 11.8. The average molecular weight is 223 g/mol. The maximum atomic E-state index is 11.2. The summed E-state index contributed by atoms with van der Waals surface area (Å²) in [6, 6.07) is 6.97. The summed E-state index contributed by atoms with van der Waals surface area (Å²) in [5.74, 6) is 0.258. The first-order valence-corrected chi connectivity index (χ1v) is 5.26. The van der Waals surface area contributed by atoms with Gasteiger partial charge < -0.3 is 15.2 Å². The van der Waals surface area contributed by atoms with E-state index in [1.54, 1.807) is 19.2 Å². The third-order valence-electron chi connectivity index (χ3n) is 2.21. The van der Waals surface area contributed by atoms with Crippen LogP contribution in [0.15, 0.2) is 24.3 Å². The molecule has 1 aromatic rings. The highest BCUT2D eigenvalue weighted by molar-refractivity contribution is 5.75. The van der Waals surface area contributed by atoms with Crippen molar-refractivity contribution in [3.8, 4) is 5.75 Å². The number of hydrogen-bond donors (Lipinski definition) is 2. The minimum absolute atomic E-state index is 0.000582. The summed E-state index contributed by atoms with van der Waals surface area (Å²) >= 11 is 0. The second kappa shape index (κ2) is 6.85. The number of benzene rings is 1. The Hall–Kier alpha value is -1.55. The van der Waals surface area contributed by atoms with E-state index in [1.165, 1.54) is 0 Å². The van der Waals surface area contributed by atoms with Crippen molar-refractivity contribution in [3.05, 3.63) is 29.8 Å². The molecule has 0 unspecified atom stereocenters. The van der Waals surface area contributed by atoms with Crippen LogP contribution in [0, 0.1) is 0 Å². The van der Waals surface area contributed by atoms with Crippen LogP contribution in [0.4, 0.5) is 0 Å². The van der Waals surface area contributed by atoms with Crippen molar-refractivity contribution in [2.75, 3.05) is 20.3 Å². The molecule has 0 heterocycles. The number of methoxy groups -OCH3 is 1. The topological polar surface area (TPSA) is 58.6 Å². The molecular weight excluding hydrogens is 206 g/mol. The van der Waals surface area contributed by atoms with Crippen LogP contribution in [-0.2, 0) is 16.0 Å². The van der Waals surface area contributed by atoms with E-state index in [0.717, 1.165) is 12.0 Å². The van der Waals surface area contributed by atoms with Crippen molar-refractivity contribution in [3.63, 3.8) is 0 Å². The number of nitrogens with one attached hydrogen (secondary N) is 1. The molecule has 0 bridgehead atoms. The monoisotopic (exact) mass is 223 g/mol. The highest BCUT2D eigenvalue weighted by atomic mass is 16.5. The maximum absolute atomic E-state index is 11.2. The van der Waals surface area contributed by atoms with Gasteiger partial charge in [0, 0.05) is 20.1 Å². The number of hydrogen-bond acceptors (Lipinski definition) is 3. The summed E-state index contributed by atoms with van der Waals surface area (Å²) in [5, 5.41) is 11.9. The zero-order valence-corrected chi connectivity index (χ0v) is 9.40. The van der Waals surface area contributed by atoms with Crippen molar-refractivity contribution < 1.29 is 14.6 Å². The molecule has 0 fully saturated rings. The molecule has 1 rings (SSSR count). The molecule has 1 amide bonds. The Morgan fingerprint density at radius 2 is 2.06 bits per heavy atom. The number of carbonyl (C=O) groups is 1. The minimum Gasteiger partial charge on any atom is -0.508 e. The fourth-order valence-electron chi connectivity index (χ4n) is 1.29. The lowest BCUT2D eigenvalue weighted by Gasteiger charge is -2.05. The molecule has 0 aromatic heterocycles. The Bertz CT molecular complexity index is 322. The van der Waals surface area contributed by atoms with Crippen LogP contribution in [0.2, 0.25) is 0 Å². The summed E-state index contributed by atoms with van der Waals surface area (Å²) in [6.45, 7) is 1.05. The number of amides is 1. The summed E-state index contributed by atoms with van der Waals surface area (Å²) < 4.78 is 4.80. The molecule has 0 aliphatic carbocycles. The standard InChI is InChI=1S/C12H17NO3/c1-16-9-7-12(15)13-8-6-10-2-4-11(14)5-3-10/h2-5,14H,6-9H2,1H3,(H,13,15). The largest absolute Gasteiger partial charge is 0.508 e. The zero-order valence-electron chi connectivity index (χ0n) is 9.40. The molecule has 4 heteroatoms. The molecule has 0 aliphatic rings. The van der Waals surface area contributed by atoms with Crippen molar-refractivity contribution >= 4 is 5.91 Å². The summed E-state index contributed by atoms with van der Waals surface area (Å²) in [6.07, 6.45) is 1.16. The van der Waals surface area contributed by atoms with Gasteiger partial charge in [-0.2, -0.15) is 0 Å². The molecule has 0 radical (unpaired) electrons. The fraction of sp³-hybridized carbons (Fsp3) is 0.417. The van der Waals surface area contributed by atoms with Gasteiger partial charge in [0.1, 0.15) is 5.75 Å². The molecule has 0 saturated carbocycles. The number of phenolic OH excluding ortho intramolecular Hbond substituents is 1. The number of phenols is 1. The molecule has 4 nitrogen and oxygen atoms in total. The SMILES string of the molecule is COCCC(=O)NCCc1ccc(O)cc1. The first kappa shape index (κ1) is 12.5. The molecule has 1 aromatic carbocycles. The number of aromatic hydroxyl groups is 1. The highest BCUT2D eigenvalue weighted by Gasteiger charge is 2.00. The smallest absolute Gasteiger partial charge is 0.222 e. The van der Waals surface area contributed by atoms with Crippen molar-refractivity contribution in [1.29, 1.82) is 0 Å². The molecule has 16 heavy (non-hydrogen) atoms. The summed E-state index contributed by atoms with van der Waals surface area (Å²) in [7, 11) is 1.57. The first-order chi connectivity index (χ1) is 7.72. The van der Waals surface area contributed by atoms with Crippen LogP contribution in [0.5, 0.6) is 5.75 Å². The van der Waals surface area contributed by atoms with E-state index in [2.05, 4.69) is 5.32 Å². The molecule has 88 valence electrons. The molecule has 0 aliphatic heterocycles. The van der Waals surface area contributed by atoms with E-state index in [-0.39, 0.29) is 11.7 Å². The molecule has 0 atom stereocenters. The molecular formula is C12H17NO3. The summed E-state index contributed by atoms with van der Waals surface area (Å²) in [4.78, 5) is 11.2. The third kappa shape index (κ3) is 4.79. The number of ether oxygens (including phenoxy) is 1. The van der Waals surface area contributed by atoms with Crippen molar-refractivity contribution in [2.24, 2.45) is 0 Å². The van der Waals surface area contributed by atoms with Gasteiger partial charge in [0.05, 0.1) is 6.61 Å². The molecule has 0 saturated heterocycles. The Morgan fingerprint density at radius 1 is 1.38 bits per heavy atom. The van der Waals surface area contributed by atoms with E-state index in [9.17, 15) is 4.79 Å². The molecule has 0 spiro atoms. The van der Waals surface area contributed by atoms with Crippen LogP contribution < -0.4 is 5.32 Å². The number of rotatable bonds is 6. The van der Waals surface area contributed by atoms with Gasteiger partial charge in [0.25, 0.3) is 0 Å². The van der Waals surface area contributed by atoms with E-state index >= 15 is 0 Å². The van der Waals surface area contributed by atoms with Crippen molar-refractivity contribution in [2.45, 2.75) is 12.8 Å². The van der Waals surface area contributed by atoms with E-state index in [4.69, 9.17) is 9.84 Å². The third-order valence-corrected chi connectivity index (χ3v) is 2.21. The van der Waals surface area contributed by atoms with Gasteiger partial charge in [-0.3, -0.25) is 4.79 Å². The maximum Gasteiger partial charge on any atom is 0.222 e. The Morgan fingerprint density at radius 3 is 2.69 bits per heavy atom. The van der Waals surface area contributed by atoms with Crippen LogP contribution in [0.25, 0.3) is 0 Å². The average Bonchev–Trinajstić information content (AvgIpc) is 2.29. The minimum atomic E-state index is 0.000582. The summed E-state index contributed by atoms with van der Waals surface area (Å²) in [5.41, 5.74) is 1.09. The molecule has 2 N–H and O–H groups in total.